The SMILES string of the molecule is CC(C)C[C@@H]1CCO[C@@H]2[C@@H](C1)CN(C(=O)O)[C@@H]2C(=O)N[C@@H]1C/C=C\C[C@H](CO)S[C@H]2O[C@H]1[C@H](O)[C@H](O)[C@H]2O. The maximum absolute atomic E-state index is 13.7. The molecule has 0 radical (unpaired) electrons. The van der Waals surface area contributed by atoms with Gasteiger partial charge in [-0.1, -0.05) is 26.0 Å². The molecule has 38 heavy (non-hydrogen) atoms. The fourth-order valence-electron chi connectivity index (χ4n) is 6.34. The van der Waals surface area contributed by atoms with Gasteiger partial charge in [0.05, 0.1) is 18.8 Å². The molecule has 2 amide bonds. The third-order valence-electron chi connectivity index (χ3n) is 8.15. The van der Waals surface area contributed by atoms with Gasteiger partial charge in [0, 0.05) is 24.3 Å². The lowest BCUT2D eigenvalue weighted by molar-refractivity contribution is -0.205. The normalized spacial score (nSPS) is 42.7. The van der Waals surface area contributed by atoms with Crippen LogP contribution in [0.15, 0.2) is 12.2 Å². The van der Waals surface area contributed by atoms with Gasteiger partial charge in [0.2, 0.25) is 5.91 Å². The topological polar surface area (TPSA) is 169 Å². The van der Waals surface area contributed by atoms with Crippen molar-refractivity contribution in [3.63, 3.8) is 0 Å². The molecule has 216 valence electrons. The van der Waals surface area contributed by atoms with Crippen molar-refractivity contribution in [2.24, 2.45) is 17.8 Å². The highest BCUT2D eigenvalue weighted by atomic mass is 32.2. The molecule has 0 aliphatic carbocycles. The van der Waals surface area contributed by atoms with E-state index < -0.39 is 60.0 Å². The van der Waals surface area contributed by atoms with E-state index in [-0.39, 0.29) is 30.7 Å². The molecule has 0 aromatic carbocycles. The van der Waals surface area contributed by atoms with Crippen LogP contribution in [0.2, 0.25) is 0 Å². The number of nitrogens with zero attached hydrogens (tertiary/aromatic N) is 1. The van der Waals surface area contributed by atoms with E-state index in [4.69, 9.17) is 9.47 Å². The van der Waals surface area contributed by atoms with Crippen LogP contribution >= 0.6 is 11.8 Å². The Morgan fingerprint density at radius 2 is 1.84 bits per heavy atom. The first-order chi connectivity index (χ1) is 18.1. The number of carbonyl (C=O) groups is 2. The molecule has 4 heterocycles. The highest BCUT2D eigenvalue weighted by molar-refractivity contribution is 8.00. The standard InChI is InChI=1S/C26H42N2O9S/c1-13(2)9-14-7-8-36-22-15(10-14)11-28(26(34)35)18(22)24(33)27-17-6-4-3-5-16(12-29)38-25-21(32)19(30)20(31)23(17)37-25/h3-4,13-23,25,29-32H,5-12H2,1-2H3,(H,27,33)(H,34,35)/b4-3-/t14-,15-,16+,17+,18-,19-,20+,21+,22+,23+,25+/m0/s1. The fraction of sp³-hybridized carbons (Fsp3) is 0.846. The van der Waals surface area contributed by atoms with E-state index in [9.17, 15) is 35.1 Å². The van der Waals surface area contributed by atoms with Crippen LogP contribution in [-0.4, -0.2) is 115 Å². The van der Waals surface area contributed by atoms with Gasteiger partial charge in [-0.2, -0.15) is 0 Å². The van der Waals surface area contributed by atoms with E-state index in [0.29, 0.717) is 24.9 Å². The molecular weight excluding hydrogens is 516 g/mol. The highest BCUT2D eigenvalue weighted by Crippen LogP contribution is 2.38. The third-order valence-corrected chi connectivity index (χ3v) is 9.54. The van der Waals surface area contributed by atoms with Crippen molar-refractivity contribution in [1.82, 2.24) is 10.2 Å². The zero-order valence-corrected chi connectivity index (χ0v) is 22.8. The van der Waals surface area contributed by atoms with E-state index in [1.165, 1.54) is 11.8 Å². The first-order valence-electron chi connectivity index (χ1n) is 13.6. The molecule has 2 bridgehead atoms. The number of amides is 2. The van der Waals surface area contributed by atoms with Gasteiger partial charge >= 0.3 is 6.09 Å². The molecule has 0 saturated carbocycles. The zero-order chi connectivity index (χ0) is 27.6. The van der Waals surface area contributed by atoms with Gasteiger partial charge in [0.25, 0.3) is 0 Å². The van der Waals surface area contributed by atoms with E-state index in [1.54, 1.807) is 0 Å². The van der Waals surface area contributed by atoms with Crippen LogP contribution < -0.4 is 5.32 Å². The Bertz CT molecular complexity index is 861. The Balaban J connectivity index is 1.55. The molecule has 0 aromatic heterocycles. The van der Waals surface area contributed by atoms with Crippen LogP contribution in [-0.2, 0) is 14.3 Å². The van der Waals surface area contributed by atoms with Crippen LogP contribution in [0, 0.1) is 17.8 Å². The van der Waals surface area contributed by atoms with Crippen molar-refractivity contribution in [3.8, 4) is 0 Å². The molecule has 3 saturated heterocycles. The molecule has 12 heteroatoms. The van der Waals surface area contributed by atoms with Crippen molar-refractivity contribution in [2.45, 2.75) is 99.2 Å². The van der Waals surface area contributed by atoms with Crippen molar-refractivity contribution in [1.29, 1.82) is 0 Å². The zero-order valence-electron chi connectivity index (χ0n) is 22.0. The van der Waals surface area contributed by atoms with Crippen LogP contribution in [0.4, 0.5) is 4.79 Å². The second-order valence-electron chi connectivity index (χ2n) is 11.4. The summed E-state index contributed by atoms with van der Waals surface area (Å²) in [5, 5.41) is 54.1. The molecule has 4 rings (SSSR count). The lowest BCUT2D eigenvalue weighted by Gasteiger charge is -2.44. The Kier molecular flexibility index (Phi) is 9.99. The van der Waals surface area contributed by atoms with Crippen molar-refractivity contribution in [2.75, 3.05) is 19.8 Å². The summed E-state index contributed by atoms with van der Waals surface area (Å²) in [7, 11) is 0. The molecule has 6 N–H and O–H groups in total. The van der Waals surface area contributed by atoms with Gasteiger partial charge in [-0.05, 0) is 43.9 Å². The van der Waals surface area contributed by atoms with Crippen molar-refractivity contribution in [3.05, 3.63) is 12.2 Å². The maximum Gasteiger partial charge on any atom is 0.408 e. The van der Waals surface area contributed by atoms with Crippen LogP contribution in [0.3, 0.4) is 0 Å². The number of hydrogen-bond acceptors (Lipinski definition) is 9. The fourth-order valence-corrected chi connectivity index (χ4v) is 7.54. The van der Waals surface area contributed by atoms with Crippen LogP contribution in [0.1, 0.15) is 46.0 Å². The van der Waals surface area contributed by atoms with Crippen molar-refractivity contribution >= 4 is 23.8 Å². The first-order valence-corrected chi connectivity index (χ1v) is 14.6. The predicted molar refractivity (Wildman–Crippen MR) is 139 cm³/mol. The minimum atomic E-state index is -1.51. The van der Waals surface area contributed by atoms with E-state index in [0.717, 1.165) is 24.2 Å². The summed E-state index contributed by atoms with van der Waals surface area (Å²) in [6, 6.07) is -1.84. The number of fused-ring (bicyclic) bond motifs is 3. The largest absolute Gasteiger partial charge is 0.465 e. The summed E-state index contributed by atoms with van der Waals surface area (Å²) in [4.78, 5) is 27.0. The maximum atomic E-state index is 13.7. The number of thioether (sulfide) groups is 1. The lowest BCUT2D eigenvalue weighted by Crippen LogP contribution is -2.64. The highest BCUT2D eigenvalue weighted by Gasteiger charge is 2.52. The molecule has 4 aliphatic heterocycles. The van der Waals surface area contributed by atoms with Crippen LogP contribution in [0.25, 0.3) is 0 Å². The quantitative estimate of drug-likeness (QED) is 0.262. The molecular formula is C26H42N2O9S. The number of hydrogen-bond donors (Lipinski definition) is 6. The molecule has 0 spiro atoms. The van der Waals surface area contributed by atoms with E-state index in [1.807, 2.05) is 12.2 Å². The third kappa shape index (κ3) is 6.48. The Labute approximate surface area is 227 Å². The summed E-state index contributed by atoms with van der Waals surface area (Å²) in [6.07, 6.45) is -0.0929. The second kappa shape index (κ2) is 12.8. The molecule has 4 aliphatic rings. The number of aliphatic hydroxyl groups is 4. The minimum absolute atomic E-state index is 0.0956. The lowest BCUT2D eigenvalue weighted by atomic mass is 9.85. The average Bonchev–Trinajstić information content (AvgIpc) is 3.12. The van der Waals surface area contributed by atoms with Gasteiger partial charge < -0.3 is 40.3 Å². The molecule has 3 fully saturated rings. The monoisotopic (exact) mass is 558 g/mol. The molecule has 0 aromatic rings. The van der Waals surface area contributed by atoms with Crippen LogP contribution in [0.5, 0.6) is 0 Å². The van der Waals surface area contributed by atoms with Gasteiger partial charge in [-0.25, -0.2) is 4.79 Å². The van der Waals surface area contributed by atoms with Crippen molar-refractivity contribution < 1.29 is 44.6 Å². The number of ether oxygens (including phenoxy) is 2. The van der Waals surface area contributed by atoms with Gasteiger partial charge in [-0.3, -0.25) is 9.69 Å². The summed E-state index contributed by atoms with van der Waals surface area (Å²) in [6.45, 7) is 4.85. The summed E-state index contributed by atoms with van der Waals surface area (Å²) >= 11 is 1.17. The average molecular weight is 559 g/mol. The summed E-state index contributed by atoms with van der Waals surface area (Å²) < 4.78 is 12.1. The number of carbonyl (C=O) groups excluding carboxylic acids is 1. The number of carboxylic acid groups (broad SMARTS) is 1. The smallest absolute Gasteiger partial charge is 0.408 e. The Hall–Kier alpha value is -1.41. The molecule has 11 nitrogen and oxygen atoms in total. The Morgan fingerprint density at radius 3 is 2.53 bits per heavy atom. The first kappa shape index (κ1) is 29.6. The molecule has 11 atom stereocenters. The number of nitrogens with one attached hydrogen (secondary N) is 1. The van der Waals surface area contributed by atoms with E-state index in [2.05, 4.69) is 19.2 Å². The second-order valence-corrected chi connectivity index (χ2v) is 12.8. The number of rotatable bonds is 5. The number of allylic oxidation sites excluding steroid dienone is 1. The van der Waals surface area contributed by atoms with Gasteiger partial charge in [0.15, 0.2) is 0 Å². The predicted octanol–water partition coefficient (Wildman–Crippen LogP) is 0.543. The number of likely N-dealkylation sites (tertiary alicyclic amines) is 1. The Morgan fingerprint density at radius 1 is 1.11 bits per heavy atom. The summed E-state index contributed by atoms with van der Waals surface area (Å²) in [5.41, 5.74) is -0.920. The molecule has 0 unspecified atom stereocenters. The van der Waals surface area contributed by atoms with Gasteiger partial charge in [-0.15, -0.1) is 11.8 Å². The number of aliphatic hydroxyl groups excluding tert-OH is 4. The summed E-state index contributed by atoms with van der Waals surface area (Å²) in [5.74, 6) is 0.286. The van der Waals surface area contributed by atoms with E-state index >= 15 is 0 Å². The van der Waals surface area contributed by atoms with Gasteiger partial charge in [0.1, 0.15) is 35.9 Å². The minimum Gasteiger partial charge on any atom is -0.465 e.